The topological polar surface area (TPSA) is 79.0 Å². The summed E-state index contributed by atoms with van der Waals surface area (Å²) in [5.41, 5.74) is 3.42. The lowest BCUT2D eigenvalue weighted by molar-refractivity contribution is -0.117. The Labute approximate surface area is 198 Å². The molecule has 0 atom stereocenters. The molecule has 2 aromatic rings. The molecule has 2 aliphatic rings. The van der Waals surface area contributed by atoms with Crippen molar-refractivity contribution in [2.45, 2.75) is 39.5 Å². The lowest BCUT2D eigenvalue weighted by atomic mass is 9.95. The Kier molecular flexibility index (Phi) is 7.45. The number of fused-ring (bicyclic) bond motifs is 1. The lowest BCUT2D eigenvalue weighted by Crippen LogP contribution is -2.48. The van der Waals surface area contributed by atoms with E-state index in [1.165, 1.54) is 16.2 Å². The second-order valence-electron chi connectivity index (χ2n) is 8.55. The van der Waals surface area contributed by atoms with Gasteiger partial charge in [0, 0.05) is 42.3 Å². The highest BCUT2D eigenvalue weighted by Crippen LogP contribution is 2.38. The van der Waals surface area contributed by atoms with Gasteiger partial charge in [0.05, 0.1) is 18.7 Å². The first-order valence-electron chi connectivity index (χ1n) is 11.7. The zero-order valence-corrected chi connectivity index (χ0v) is 20.1. The molecule has 1 aromatic heterocycles. The number of aryl methyl sites for hydroxylation is 1. The van der Waals surface area contributed by atoms with Crippen LogP contribution in [0.3, 0.4) is 0 Å². The van der Waals surface area contributed by atoms with Crippen LogP contribution in [-0.2, 0) is 22.4 Å². The van der Waals surface area contributed by atoms with Gasteiger partial charge >= 0.3 is 5.97 Å². The first-order valence-corrected chi connectivity index (χ1v) is 12.5. The molecule has 8 heteroatoms. The van der Waals surface area contributed by atoms with E-state index in [1.54, 1.807) is 13.8 Å². The van der Waals surface area contributed by atoms with Gasteiger partial charge in [0.25, 0.3) is 0 Å². The molecular weight excluding hydrogens is 438 g/mol. The van der Waals surface area contributed by atoms with Gasteiger partial charge in [-0.15, -0.1) is 11.3 Å². The summed E-state index contributed by atoms with van der Waals surface area (Å²) in [6, 6.07) is 7.68. The van der Waals surface area contributed by atoms with E-state index in [4.69, 9.17) is 4.74 Å². The molecule has 1 aliphatic heterocycles. The number of hydrogen-bond acceptors (Lipinski definition) is 7. The summed E-state index contributed by atoms with van der Waals surface area (Å²) >= 11 is 1.52. The minimum Gasteiger partial charge on any atom is -0.462 e. The number of thiophene rings is 1. The number of anilines is 2. The summed E-state index contributed by atoms with van der Waals surface area (Å²) in [5.74, 6) is -0.370. The third-order valence-corrected chi connectivity index (χ3v) is 7.49. The maximum Gasteiger partial charge on any atom is 0.341 e. The van der Waals surface area contributed by atoms with E-state index in [0.29, 0.717) is 29.3 Å². The average molecular weight is 470 g/mol. The molecule has 0 spiro atoms. The van der Waals surface area contributed by atoms with Crippen LogP contribution in [0.2, 0.25) is 0 Å². The number of carbonyl (C=O) groups excluding carboxylic acids is 3. The normalized spacial score (nSPS) is 16.2. The van der Waals surface area contributed by atoms with Crippen molar-refractivity contribution in [3.05, 3.63) is 45.8 Å². The van der Waals surface area contributed by atoms with Crippen LogP contribution in [0.4, 0.5) is 10.7 Å². The van der Waals surface area contributed by atoms with Crippen LogP contribution < -0.4 is 10.2 Å². The Morgan fingerprint density at radius 1 is 1.03 bits per heavy atom. The fourth-order valence-electron chi connectivity index (χ4n) is 4.51. The minimum atomic E-state index is -0.336. The molecule has 4 rings (SSSR count). The minimum absolute atomic E-state index is 0.0649. The van der Waals surface area contributed by atoms with E-state index in [-0.39, 0.29) is 17.7 Å². The van der Waals surface area contributed by atoms with Gasteiger partial charge in [-0.3, -0.25) is 14.5 Å². The van der Waals surface area contributed by atoms with E-state index in [1.807, 2.05) is 24.3 Å². The van der Waals surface area contributed by atoms with Crippen LogP contribution in [0.5, 0.6) is 0 Å². The molecule has 0 bridgehead atoms. The number of Topliss-reactive ketones (excluding diaryl/α,β-unsaturated/α-hetero) is 1. The molecule has 1 N–H and O–H groups in total. The molecule has 2 heterocycles. The Morgan fingerprint density at radius 2 is 1.73 bits per heavy atom. The number of nitrogens with zero attached hydrogens (tertiary/aromatic N) is 2. The van der Waals surface area contributed by atoms with Crippen LogP contribution in [0.15, 0.2) is 24.3 Å². The molecule has 0 saturated carbocycles. The van der Waals surface area contributed by atoms with Crippen LogP contribution >= 0.6 is 11.3 Å². The van der Waals surface area contributed by atoms with Crippen molar-refractivity contribution in [1.29, 1.82) is 0 Å². The number of piperazine rings is 1. The van der Waals surface area contributed by atoms with Crippen molar-refractivity contribution in [3.63, 3.8) is 0 Å². The molecule has 1 amide bonds. The quantitative estimate of drug-likeness (QED) is 0.491. The summed E-state index contributed by atoms with van der Waals surface area (Å²) in [6.45, 7) is 7.15. The highest BCUT2D eigenvalue weighted by molar-refractivity contribution is 7.17. The van der Waals surface area contributed by atoms with Gasteiger partial charge in [-0.25, -0.2) is 4.79 Å². The highest BCUT2D eigenvalue weighted by Gasteiger charge is 2.28. The number of esters is 1. The van der Waals surface area contributed by atoms with Crippen molar-refractivity contribution in [1.82, 2.24) is 4.90 Å². The SMILES string of the molecule is CCOC(=O)c1c(NC(=O)CN2CCN(c3ccc(C(C)=O)cc3)CC2)sc2c1CCCC2. The molecule has 7 nitrogen and oxygen atoms in total. The zero-order valence-electron chi connectivity index (χ0n) is 19.3. The van der Waals surface area contributed by atoms with Gasteiger partial charge in [0.15, 0.2) is 5.78 Å². The number of carbonyl (C=O) groups is 3. The standard InChI is InChI=1S/C25H31N3O4S/c1-3-32-25(31)23-20-6-4-5-7-21(20)33-24(23)26-22(30)16-27-12-14-28(15-13-27)19-10-8-18(9-11-19)17(2)29/h8-11H,3-7,12-16H2,1-2H3,(H,26,30). The van der Waals surface area contributed by atoms with Gasteiger partial charge in [-0.05, 0) is 69.4 Å². The van der Waals surface area contributed by atoms with Crippen molar-refractivity contribution >= 4 is 39.7 Å². The molecule has 33 heavy (non-hydrogen) atoms. The summed E-state index contributed by atoms with van der Waals surface area (Å²) in [5, 5.41) is 3.64. The third kappa shape index (κ3) is 5.45. The predicted molar refractivity (Wildman–Crippen MR) is 131 cm³/mol. The number of hydrogen-bond donors (Lipinski definition) is 1. The van der Waals surface area contributed by atoms with Crippen molar-refractivity contribution < 1.29 is 19.1 Å². The Hall–Kier alpha value is -2.71. The first kappa shape index (κ1) is 23.4. The van der Waals surface area contributed by atoms with Crippen molar-refractivity contribution in [2.24, 2.45) is 0 Å². The van der Waals surface area contributed by atoms with E-state index >= 15 is 0 Å². The molecule has 0 unspecified atom stereocenters. The molecule has 1 aliphatic carbocycles. The van der Waals surface area contributed by atoms with Crippen LogP contribution in [0, 0.1) is 0 Å². The predicted octanol–water partition coefficient (Wildman–Crippen LogP) is 3.77. The van der Waals surface area contributed by atoms with Gasteiger partial charge in [0.1, 0.15) is 5.00 Å². The van der Waals surface area contributed by atoms with Crippen LogP contribution in [0.1, 0.15) is 57.8 Å². The van der Waals surface area contributed by atoms with Crippen LogP contribution in [0.25, 0.3) is 0 Å². The molecule has 176 valence electrons. The molecule has 1 saturated heterocycles. The molecule has 1 aromatic carbocycles. The summed E-state index contributed by atoms with van der Waals surface area (Å²) in [6.07, 6.45) is 4.00. The monoisotopic (exact) mass is 469 g/mol. The molecular formula is C25H31N3O4S. The Morgan fingerprint density at radius 3 is 2.39 bits per heavy atom. The summed E-state index contributed by atoms with van der Waals surface area (Å²) < 4.78 is 5.28. The second kappa shape index (κ2) is 10.5. The maximum absolute atomic E-state index is 12.8. The molecule has 0 radical (unpaired) electrons. The third-order valence-electron chi connectivity index (χ3n) is 6.28. The fraction of sp³-hybridized carbons (Fsp3) is 0.480. The smallest absolute Gasteiger partial charge is 0.341 e. The number of amides is 1. The first-order chi connectivity index (χ1) is 16.0. The van der Waals surface area contributed by atoms with Crippen molar-refractivity contribution in [2.75, 3.05) is 49.5 Å². The largest absolute Gasteiger partial charge is 0.462 e. The Balaban J connectivity index is 1.35. The number of nitrogens with one attached hydrogen (secondary N) is 1. The Bertz CT molecular complexity index is 1020. The number of benzene rings is 1. The number of ketones is 1. The van der Waals surface area contributed by atoms with E-state index in [9.17, 15) is 14.4 Å². The van der Waals surface area contributed by atoms with Gasteiger partial charge in [-0.2, -0.15) is 0 Å². The maximum atomic E-state index is 12.8. The molecule has 1 fully saturated rings. The van der Waals surface area contributed by atoms with Gasteiger partial charge in [-0.1, -0.05) is 0 Å². The van der Waals surface area contributed by atoms with Crippen molar-refractivity contribution in [3.8, 4) is 0 Å². The second-order valence-corrected chi connectivity index (χ2v) is 9.66. The number of ether oxygens (including phenoxy) is 1. The van der Waals surface area contributed by atoms with E-state index in [0.717, 1.165) is 63.1 Å². The summed E-state index contributed by atoms with van der Waals surface area (Å²) in [4.78, 5) is 42.5. The number of rotatable bonds is 7. The lowest BCUT2D eigenvalue weighted by Gasteiger charge is -2.35. The highest BCUT2D eigenvalue weighted by atomic mass is 32.1. The van der Waals surface area contributed by atoms with Gasteiger partial charge < -0.3 is 15.0 Å². The fourth-order valence-corrected chi connectivity index (χ4v) is 5.81. The zero-order chi connectivity index (χ0) is 23.4. The van der Waals surface area contributed by atoms with Gasteiger partial charge in [0.2, 0.25) is 5.91 Å². The van der Waals surface area contributed by atoms with Crippen LogP contribution in [-0.4, -0.2) is 61.9 Å². The van der Waals surface area contributed by atoms with E-state index < -0.39 is 0 Å². The summed E-state index contributed by atoms with van der Waals surface area (Å²) in [7, 11) is 0. The van der Waals surface area contributed by atoms with E-state index in [2.05, 4.69) is 15.1 Å². The average Bonchev–Trinajstić information content (AvgIpc) is 3.17.